The van der Waals surface area contributed by atoms with Gasteiger partial charge in [0.1, 0.15) is 0 Å². The molecule has 3 aliphatic carbocycles. The Balaban J connectivity index is 1.05. The van der Waals surface area contributed by atoms with Gasteiger partial charge in [0.15, 0.2) is 13.9 Å². The third kappa shape index (κ3) is 5.65. The number of hydrogen-bond acceptors (Lipinski definition) is 3. The molecule has 0 radical (unpaired) electrons. The molecular formula is C65H43N5Si. The lowest BCUT2D eigenvalue weighted by molar-refractivity contribution is 0.758. The van der Waals surface area contributed by atoms with Gasteiger partial charge < -0.3 is 0 Å². The van der Waals surface area contributed by atoms with Gasteiger partial charge in [-0.3, -0.25) is 9.13 Å². The van der Waals surface area contributed by atoms with Crippen LogP contribution in [0.3, 0.4) is 0 Å². The van der Waals surface area contributed by atoms with E-state index in [1.807, 2.05) is 0 Å². The van der Waals surface area contributed by atoms with E-state index in [1.54, 1.807) is 0 Å². The molecule has 2 unspecified atom stereocenters. The van der Waals surface area contributed by atoms with Gasteiger partial charge in [-0.05, 0) is 78.4 Å². The van der Waals surface area contributed by atoms with Crippen LogP contribution < -0.4 is 20.7 Å². The highest BCUT2D eigenvalue weighted by Gasteiger charge is 2.50. The Labute approximate surface area is 411 Å². The van der Waals surface area contributed by atoms with Crippen molar-refractivity contribution in [3.63, 3.8) is 0 Å². The van der Waals surface area contributed by atoms with Crippen LogP contribution in [0.1, 0.15) is 45.2 Å². The minimum atomic E-state index is -3.00. The first-order valence-electron chi connectivity index (χ1n) is 24.5. The molecule has 16 rings (SSSR count). The van der Waals surface area contributed by atoms with Crippen molar-refractivity contribution in [3.8, 4) is 23.3 Å². The van der Waals surface area contributed by atoms with E-state index >= 15 is 0 Å². The predicted molar refractivity (Wildman–Crippen MR) is 292 cm³/mol. The van der Waals surface area contributed by atoms with Crippen LogP contribution in [0.25, 0.3) is 66.9 Å². The Kier molecular flexibility index (Phi) is 8.74. The van der Waals surface area contributed by atoms with E-state index in [4.69, 9.17) is 15.0 Å². The average molecular weight is 922 g/mol. The molecule has 13 aromatic rings. The van der Waals surface area contributed by atoms with Crippen molar-refractivity contribution >= 4 is 72.4 Å². The number of hydrogen-bond donors (Lipinski definition) is 0. The van der Waals surface area contributed by atoms with E-state index in [0.717, 1.165) is 49.2 Å². The molecule has 10 aromatic carbocycles. The zero-order valence-corrected chi connectivity index (χ0v) is 39.6. The maximum absolute atomic E-state index is 5.67. The lowest BCUT2D eigenvalue weighted by Gasteiger charge is -2.46. The molecule has 0 amide bonds. The third-order valence-corrected chi connectivity index (χ3v) is 20.4. The van der Waals surface area contributed by atoms with Crippen molar-refractivity contribution in [3.05, 3.63) is 282 Å². The largest absolute Gasteiger partial charge is 0.278 e. The monoisotopic (exact) mass is 921 g/mol. The third-order valence-electron chi connectivity index (χ3n) is 15.5. The van der Waals surface area contributed by atoms with Crippen molar-refractivity contribution in [1.29, 1.82) is 0 Å². The summed E-state index contributed by atoms with van der Waals surface area (Å²) in [6.07, 6.45) is 0. The van der Waals surface area contributed by atoms with E-state index in [0.29, 0.717) is 17.7 Å². The van der Waals surface area contributed by atoms with Crippen LogP contribution in [-0.4, -0.2) is 32.2 Å². The molecular weight excluding hydrogens is 879 g/mol. The smallest absolute Gasteiger partial charge is 0.240 e. The number of rotatable bonds is 7. The van der Waals surface area contributed by atoms with Crippen LogP contribution in [0.5, 0.6) is 0 Å². The van der Waals surface area contributed by atoms with E-state index in [9.17, 15) is 0 Å². The van der Waals surface area contributed by atoms with Gasteiger partial charge in [-0.1, -0.05) is 224 Å². The zero-order valence-electron chi connectivity index (χ0n) is 38.6. The summed E-state index contributed by atoms with van der Waals surface area (Å²) in [7, 11) is -3.00. The molecule has 2 atom stereocenters. The molecule has 3 heterocycles. The molecule has 0 spiro atoms. The van der Waals surface area contributed by atoms with Gasteiger partial charge >= 0.3 is 0 Å². The zero-order chi connectivity index (χ0) is 46.6. The van der Waals surface area contributed by atoms with Gasteiger partial charge in [-0.15, -0.1) is 0 Å². The Morgan fingerprint density at radius 1 is 0.296 bits per heavy atom. The fourth-order valence-corrected chi connectivity index (χ4v) is 17.9. The Hall–Kier alpha value is -8.97. The standard InChI is InChI=1S/C65H43N5Si/c1-4-22-42(23-5-1)71(43-24-6-2-7-25-43,44-26-8-3-9-27-44)58-41-21-35-52-59-49-32-10-11-33-50(49)62(61(52)58)60-51(59)34-20-36-53(60)63-66-64(69-54-37-16-12-28-45(54)46-29-13-17-38-55(46)69)68-65(67-63)70-56-39-18-14-30-47(56)48-31-15-19-40-57(48)70/h1-41,59,62H. The minimum Gasteiger partial charge on any atom is -0.278 e. The summed E-state index contributed by atoms with van der Waals surface area (Å²) in [5.74, 6) is 1.70. The summed E-state index contributed by atoms with van der Waals surface area (Å²) in [4.78, 5) is 16.9. The van der Waals surface area contributed by atoms with E-state index in [1.165, 1.54) is 54.1 Å². The molecule has 2 bridgehead atoms. The summed E-state index contributed by atoms with van der Waals surface area (Å²) in [5.41, 5.74) is 13.3. The maximum Gasteiger partial charge on any atom is 0.240 e. The Morgan fingerprint density at radius 3 is 1.13 bits per heavy atom. The first-order chi connectivity index (χ1) is 35.3. The highest BCUT2D eigenvalue weighted by Crippen LogP contribution is 2.57. The van der Waals surface area contributed by atoms with Crippen LogP contribution in [0, 0.1) is 0 Å². The van der Waals surface area contributed by atoms with Gasteiger partial charge in [0.05, 0.1) is 22.1 Å². The van der Waals surface area contributed by atoms with Crippen LogP contribution in [0.4, 0.5) is 0 Å². The van der Waals surface area contributed by atoms with E-state index in [-0.39, 0.29) is 11.8 Å². The highest BCUT2D eigenvalue weighted by atomic mass is 28.3. The molecule has 0 fully saturated rings. The fourth-order valence-electron chi connectivity index (χ4n) is 12.8. The second-order valence-corrected chi connectivity index (χ2v) is 22.7. The molecule has 5 nitrogen and oxygen atoms in total. The second kappa shape index (κ2) is 15.5. The molecule has 0 saturated carbocycles. The number of benzene rings is 10. The number of aromatic nitrogens is 5. The Bertz CT molecular complexity index is 3920. The first kappa shape index (κ1) is 40.0. The lowest BCUT2D eigenvalue weighted by atomic mass is 9.60. The topological polar surface area (TPSA) is 48.5 Å². The fraction of sp³-hybridized carbons (Fsp3) is 0.0308. The van der Waals surface area contributed by atoms with Crippen molar-refractivity contribution in [2.24, 2.45) is 0 Å². The summed E-state index contributed by atoms with van der Waals surface area (Å²) >= 11 is 0. The number of para-hydroxylation sites is 4. The van der Waals surface area contributed by atoms with Crippen LogP contribution in [0.15, 0.2) is 249 Å². The number of nitrogens with zero attached hydrogens (tertiary/aromatic N) is 5. The molecule has 0 N–H and O–H groups in total. The summed E-state index contributed by atoms with van der Waals surface area (Å²) in [5, 5.41) is 10.1. The molecule has 3 aliphatic rings. The summed E-state index contributed by atoms with van der Waals surface area (Å²) in [6.45, 7) is 0. The minimum absolute atomic E-state index is 0.00516. The molecule has 3 aromatic heterocycles. The van der Waals surface area contributed by atoms with Crippen molar-refractivity contribution in [2.75, 3.05) is 0 Å². The maximum atomic E-state index is 5.67. The molecule has 332 valence electrons. The SMILES string of the molecule is c1ccc([Si](c2ccccc2)(c2ccccc2)c2cccc3c2C2c4ccccc4C3c3cccc(-c4nc(-n5c6ccccc6c6ccccc65)nc(-n5c6ccccc6c6ccccc65)n4)c32)cc1. The number of fused-ring (bicyclic) bond motifs is 6. The van der Waals surface area contributed by atoms with Crippen LogP contribution in [0.2, 0.25) is 0 Å². The van der Waals surface area contributed by atoms with Crippen molar-refractivity contribution < 1.29 is 0 Å². The average Bonchev–Trinajstić information content (AvgIpc) is 3.97. The van der Waals surface area contributed by atoms with Gasteiger partial charge in [0.2, 0.25) is 11.9 Å². The first-order valence-corrected chi connectivity index (χ1v) is 26.5. The molecule has 0 saturated heterocycles. The van der Waals surface area contributed by atoms with Crippen molar-refractivity contribution in [1.82, 2.24) is 24.1 Å². The normalized spacial score (nSPS) is 14.8. The predicted octanol–water partition coefficient (Wildman–Crippen LogP) is 12.1. The summed E-state index contributed by atoms with van der Waals surface area (Å²) in [6, 6.07) is 91.6. The summed E-state index contributed by atoms with van der Waals surface area (Å²) < 4.78 is 4.47. The molecule has 71 heavy (non-hydrogen) atoms. The van der Waals surface area contributed by atoms with Crippen LogP contribution >= 0.6 is 0 Å². The van der Waals surface area contributed by atoms with E-state index in [2.05, 4.69) is 258 Å². The lowest BCUT2D eigenvalue weighted by Crippen LogP contribution is -2.75. The quantitative estimate of drug-likeness (QED) is 0.118. The van der Waals surface area contributed by atoms with Crippen LogP contribution in [-0.2, 0) is 0 Å². The van der Waals surface area contributed by atoms with Gasteiger partial charge in [0.25, 0.3) is 0 Å². The Morgan fingerprint density at radius 2 is 0.662 bits per heavy atom. The van der Waals surface area contributed by atoms with E-state index < -0.39 is 8.07 Å². The van der Waals surface area contributed by atoms with Gasteiger partial charge in [-0.25, -0.2) is 0 Å². The molecule has 0 aliphatic heterocycles. The molecule has 6 heteroatoms. The van der Waals surface area contributed by atoms with Gasteiger partial charge in [-0.2, -0.15) is 15.0 Å². The van der Waals surface area contributed by atoms with Gasteiger partial charge in [0, 0.05) is 38.9 Å². The van der Waals surface area contributed by atoms with Crippen molar-refractivity contribution in [2.45, 2.75) is 11.8 Å². The highest BCUT2D eigenvalue weighted by molar-refractivity contribution is 7.20. The second-order valence-electron chi connectivity index (χ2n) is 19.0.